The second-order valence-electron chi connectivity index (χ2n) is 5.55. The van der Waals surface area contributed by atoms with Gasteiger partial charge in [0.15, 0.2) is 5.96 Å². The quantitative estimate of drug-likeness (QED) is 0.413. The Morgan fingerprint density at radius 2 is 2.22 bits per heavy atom. The van der Waals surface area contributed by atoms with Gasteiger partial charge >= 0.3 is 0 Å². The summed E-state index contributed by atoms with van der Waals surface area (Å²) in [7, 11) is 0. The summed E-state index contributed by atoms with van der Waals surface area (Å²) in [6, 6.07) is 3.90. The van der Waals surface area contributed by atoms with Crippen molar-refractivity contribution in [2.24, 2.45) is 4.99 Å². The summed E-state index contributed by atoms with van der Waals surface area (Å²) in [6.45, 7) is 6.90. The van der Waals surface area contributed by atoms with Gasteiger partial charge in [0.05, 0.1) is 12.4 Å². The van der Waals surface area contributed by atoms with E-state index in [1.807, 2.05) is 12.1 Å². The van der Waals surface area contributed by atoms with Crippen LogP contribution in [-0.4, -0.2) is 51.5 Å². The van der Waals surface area contributed by atoms with E-state index in [0.717, 1.165) is 76.9 Å². The van der Waals surface area contributed by atoms with Crippen LogP contribution in [0.25, 0.3) is 0 Å². The molecule has 1 fully saturated rings. The van der Waals surface area contributed by atoms with Crippen LogP contribution in [0.5, 0.6) is 0 Å². The Morgan fingerprint density at radius 1 is 1.35 bits per heavy atom. The van der Waals surface area contributed by atoms with Gasteiger partial charge in [-0.25, -0.2) is 0 Å². The highest BCUT2D eigenvalue weighted by Gasteiger charge is 2.13. The van der Waals surface area contributed by atoms with Crippen LogP contribution in [0.3, 0.4) is 0 Å². The maximum Gasteiger partial charge on any atom is 0.191 e. The first-order valence-electron chi connectivity index (χ1n) is 8.62. The molecule has 130 valence electrons. The van der Waals surface area contributed by atoms with Gasteiger partial charge in [-0.2, -0.15) is 0 Å². The number of hydrogen-bond acceptors (Lipinski definition) is 4. The molecule has 0 radical (unpaired) electrons. The number of nitrogens with one attached hydrogen (secondary N) is 2. The average Bonchev–Trinajstić information content (AvgIpc) is 3.09. The fraction of sp³-hybridized carbons (Fsp3) is 0.706. The number of nitrogens with zero attached hydrogens (tertiary/aromatic N) is 1. The third kappa shape index (κ3) is 7.52. The van der Waals surface area contributed by atoms with Gasteiger partial charge < -0.3 is 24.5 Å². The van der Waals surface area contributed by atoms with Gasteiger partial charge in [0.25, 0.3) is 0 Å². The van der Waals surface area contributed by atoms with Crippen LogP contribution in [0.1, 0.15) is 31.9 Å². The van der Waals surface area contributed by atoms with Crippen LogP contribution in [0.15, 0.2) is 27.8 Å². The molecule has 0 unspecified atom stereocenters. The summed E-state index contributed by atoms with van der Waals surface area (Å²) in [6.07, 6.45) is 5.89. The number of aliphatic imine (C=N–C) groups is 1. The van der Waals surface area contributed by atoms with Crippen molar-refractivity contribution in [2.75, 3.05) is 39.5 Å². The number of guanidine groups is 1. The Kier molecular flexibility index (Phi) is 8.58. The van der Waals surface area contributed by atoms with Gasteiger partial charge in [-0.05, 0) is 38.3 Å². The van der Waals surface area contributed by atoms with E-state index in [9.17, 15) is 0 Å². The molecule has 0 spiro atoms. The minimum absolute atomic E-state index is 0.368. The van der Waals surface area contributed by atoms with Crippen LogP contribution in [0.4, 0.5) is 0 Å². The molecule has 0 aliphatic carbocycles. The Bertz CT molecular complexity index is 428. The van der Waals surface area contributed by atoms with E-state index in [-0.39, 0.29) is 0 Å². The van der Waals surface area contributed by atoms with Crippen LogP contribution >= 0.6 is 0 Å². The van der Waals surface area contributed by atoms with Crippen LogP contribution in [0.2, 0.25) is 0 Å². The van der Waals surface area contributed by atoms with Crippen molar-refractivity contribution >= 4 is 5.96 Å². The van der Waals surface area contributed by atoms with Gasteiger partial charge in [-0.3, -0.25) is 4.99 Å². The molecule has 0 amide bonds. The highest BCUT2D eigenvalue weighted by Crippen LogP contribution is 2.10. The van der Waals surface area contributed by atoms with E-state index >= 15 is 0 Å². The van der Waals surface area contributed by atoms with Gasteiger partial charge in [-0.15, -0.1) is 0 Å². The lowest BCUT2D eigenvalue weighted by atomic mass is 10.1. The summed E-state index contributed by atoms with van der Waals surface area (Å²) >= 11 is 0. The first kappa shape index (κ1) is 17.8. The number of ether oxygens (including phenoxy) is 2. The largest absolute Gasteiger partial charge is 0.469 e. The van der Waals surface area contributed by atoms with Gasteiger partial charge in [0, 0.05) is 45.9 Å². The number of rotatable bonds is 9. The number of furan rings is 1. The molecule has 0 atom stereocenters. The van der Waals surface area contributed by atoms with E-state index in [2.05, 4.69) is 22.5 Å². The third-order valence-electron chi connectivity index (χ3n) is 3.68. The smallest absolute Gasteiger partial charge is 0.191 e. The van der Waals surface area contributed by atoms with Gasteiger partial charge in [0.1, 0.15) is 5.76 Å². The average molecular weight is 323 g/mol. The fourth-order valence-electron chi connectivity index (χ4n) is 2.45. The minimum Gasteiger partial charge on any atom is -0.469 e. The first-order chi connectivity index (χ1) is 11.4. The van der Waals surface area contributed by atoms with Crippen LogP contribution in [-0.2, 0) is 15.9 Å². The molecule has 1 aromatic rings. The zero-order valence-corrected chi connectivity index (χ0v) is 14.1. The fourth-order valence-corrected chi connectivity index (χ4v) is 2.45. The van der Waals surface area contributed by atoms with Crippen LogP contribution in [0, 0.1) is 0 Å². The highest BCUT2D eigenvalue weighted by atomic mass is 16.5. The van der Waals surface area contributed by atoms with Gasteiger partial charge in [0.2, 0.25) is 0 Å². The molecule has 2 rings (SSSR count). The predicted octanol–water partition coefficient (Wildman–Crippen LogP) is 1.96. The summed E-state index contributed by atoms with van der Waals surface area (Å²) in [4.78, 5) is 4.57. The Balaban J connectivity index is 1.58. The van der Waals surface area contributed by atoms with Crippen molar-refractivity contribution in [1.82, 2.24) is 10.6 Å². The lowest BCUT2D eigenvalue weighted by Gasteiger charge is -2.22. The molecule has 1 aliphatic heterocycles. The van der Waals surface area contributed by atoms with Crippen molar-refractivity contribution in [2.45, 2.75) is 38.7 Å². The van der Waals surface area contributed by atoms with E-state index in [1.165, 1.54) is 0 Å². The van der Waals surface area contributed by atoms with Crippen molar-refractivity contribution in [1.29, 1.82) is 0 Å². The molecule has 23 heavy (non-hydrogen) atoms. The van der Waals surface area contributed by atoms with E-state index in [1.54, 1.807) is 6.26 Å². The molecule has 0 saturated carbocycles. The molecule has 2 heterocycles. The lowest BCUT2D eigenvalue weighted by molar-refractivity contribution is -0.0318. The first-order valence-corrected chi connectivity index (χ1v) is 8.62. The normalized spacial score (nSPS) is 16.5. The maximum absolute atomic E-state index is 5.85. The van der Waals surface area contributed by atoms with E-state index < -0.39 is 0 Å². The van der Waals surface area contributed by atoms with Crippen molar-refractivity contribution < 1.29 is 13.9 Å². The SMILES string of the molecule is CCNC(=NCCCOC1CCOCC1)NCCc1ccco1. The number of hydrogen-bond donors (Lipinski definition) is 2. The molecular formula is C17H29N3O3. The van der Waals surface area contributed by atoms with Crippen LogP contribution < -0.4 is 10.6 Å². The molecule has 6 nitrogen and oxygen atoms in total. The molecule has 1 aromatic heterocycles. The molecule has 2 N–H and O–H groups in total. The molecule has 0 bridgehead atoms. The molecular weight excluding hydrogens is 294 g/mol. The summed E-state index contributed by atoms with van der Waals surface area (Å²) in [5, 5.41) is 6.57. The van der Waals surface area contributed by atoms with Crippen molar-refractivity contribution in [3.8, 4) is 0 Å². The maximum atomic E-state index is 5.85. The summed E-state index contributed by atoms with van der Waals surface area (Å²) in [5.74, 6) is 1.84. The molecule has 1 saturated heterocycles. The van der Waals surface area contributed by atoms with Crippen molar-refractivity contribution in [3.63, 3.8) is 0 Å². The summed E-state index contributed by atoms with van der Waals surface area (Å²) < 4.78 is 16.5. The molecule has 6 heteroatoms. The topological polar surface area (TPSA) is 68.0 Å². The zero-order chi connectivity index (χ0) is 16.2. The van der Waals surface area contributed by atoms with E-state index in [4.69, 9.17) is 13.9 Å². The van der Waals surface area contributed by atoms with E-state index in [0.29, 0.717) is 6.10 Å². The monoisotopic (exact) mass is 323 g/mol. The highest BCUT2D eigenvalue weighted by molar-refractivity contribution is 5.79. The second-order valence-corrected chi connectivity index (χ2v) is 5.55. The predicted molar refractivity (Wildman–Crippen MR) is 90.8 cm³/mol. The third-order valence-corrected chi connectivity index (χ3v) is 3.68. The molecule has 0 aromatic carbocycles. The molecule has 1 aliphatic rings. The second kappa shape index (κ2) is 11.1. The Morgan fingerprint density at radius 3 is 2.96 bits per heavy atom. The van der Waals surface area contributed by atoms with Gasteiger partial charge in [-0.1, -0.05) is 0 Å². The lowest BCUT2D eigenvalue weighted by Crippen LogP contribution is -2.38. The zero-order valence-electron chi connectivity index (χ0n) is 14.1. The van der Waals surface area contributed by atoms with Crippen molar-refractivity contribution in [3.05, 3.63) is 24.2 Å². The Hall–Kier alpha value is -1.53. The Labute approximate surface area is 138 Å². The summed E-state index contributed by atoms with van der Waals surface area (Å²) in [5.41, 5.74) is 0. The minimum atomic E-state index is 0.368. The standard InChI is InChI=1S/C17H29N3O3/c1-2-18-17(20-10-6-15-5-3-11-22-15)19-9-4-12-23-16-7-13-21-14-8-16/h3,5,11,16H,2,4,6-10,12-14H2,1H3,(H2,18,19,20).